The van der Waals surface area contributed by atoms with Crippen molar-refractivity contribution in [3.05, 3.63) is 53.1 Å². The van der Waals surface area contributed by atoms with Gasteiger partial charge in [0.05, 0.1) is 31.2 Å². The van der Waals surface area contributed by atoms with E-state index in [1.807, 2.05) is 45.0 Å². The Morgan fingerprint density at radius 2 is 1.79 bits per heavy atom. The minimum atomic E-state index is -3.65. The molecule has 39 heavy (non-hydrogen) atoms. The molecular formula is C28H40ClN3O6S. The van der Waals surface area contributed by atoms with Crippen molar-refractivity contribution in [1.82, 2.24) is 10.2 Å². The summed E-state index contributed by atoms with van der Waals surface area (Å²) in [6.07, 6.45) is 1.83. The molecular weight excluding hydrogens is 542 g/mol. The van der Waals surface area contributed by atoms with E-state index in [9.17, 15) is 18.0 Å². The molecule has 1 atom stereocenters. The Bertz CT molecular complexity index is 1220. The van der Waals surface area contributed by atoms with Crippen LogP contribution in [0.3, 0.4) is 0 Å². The third-order valence-corrected chi connectivity index (χ3v) is 7.62. The average molecular weight is 582 g/mol. The molecule has 1 N–H and O–H groups in total. The average Bonchev–Trinajstić information content (AvgIpc) is 2.89. The van der Waals surface area contributed by atoms with Crippen LogP contribution in [0, 0.1) is 5.92 Å². The van der Waals surface area contributed by atoms with E-state index in [1.165, 1.54) is 17.5 Å². The number of halogens is 1. The fraction of sp³-hybridized carbons (Fsp3) is 0.500. The van der Waals surface area contributed by atoms with E-state index in [0.717, 1.165) is 11.8 Å². The van der Waals surface area contributed by atoms with Gasteiger partial charge >= 0.3 is 0 Å². The van der Waals surface area contributed by atoms with Gasteiger partial charge in [-0.05, 0) is 54.7 Å². The Morgan fingerprint density at radius 3 is 2.36 bits per heavy atom. The first-order chi connectivity index (χ1) is 18.4. The zero-order valence-corrected chi connectivity index (χ0v) is 25.1. The number of hydrogen-bond donors (Lipinski definition) is 1. The van der Waals surface area contributed by atoms with Crippen molar-refractivity contribution in [2.24, 2.45) is 5.92 Å². The second-order valence-corrected chi connectivity index (χ2v) is 12.0. The summed E-state index contributed by atoms with van der Waals surface area (Å²) in [6, 6.07) is 11.4. The lowest BCUT2D eigenvalue weighted by Crippen LogP contribution is -2.49. The normalized spacial score (nSPS) is 12.1. The molecule has 0 saturated heterocycles. The van der Waals surface area contributed by atoms with Gasteiger partial charge in [0.2, 0.25) is 21.8 Å². The maximum Gasteiger partial charge on any atom is 0.242 e. The third-order valence-electron chi connectivity index (χ3n) is 6.13. The molecule has 2 rings (SSSR count). The highest BCUT2D eigenvalue weighted by Crippen LogP contribution is 2.30. The SMILES string of the molecule is CC[C@H](C(=O)NCC(C)C)N(Cc1cccc(OC)c1)C(=O)CCCN(c1ccc(OC)c(Cl)c1)S(C)(=O)=O. The van der Waals surface area contributed by atoms with Gasteiger partial charge in [0, 0.05) is 26.1 Å². The predicted octanol–water partition coefficient (Wildman–Crippen LogP) is 4.48. The molecule has 9 nitrogen and oxygen atoms in total. The van der Waals surface area contributed by atoms with Crippen LogP contribution in [0.2, 0.25) is 5.02 Å². The topological polar surface area (TPSA) is 105 Å². The zero-order chi connectivity index (χ0) is 29.2. The van der Waals surface area contributed by atoms with Crippen molar-refractivity contribution in [3.8, 4) is 11.5 Å². The summed E-state index contributed by atoms with van der Waals surface area (Å²) < 4.78 is 36.8. The second-order valence-electron chi connectivity index (χ2n) is 9.69. The molecule has 2 aromatic carbocycles. The molecule has 2 aromatic rings. The van der Waals surface area contributed by atoms with E-state index < -0.39 is 16.1 Å². The lowest BCUT2D eigenvalue weighted by Gasteiger charge is -2.31. The largest absolute Gasteiger partial charge is 0.497 e. The number of nitrogens with one attached hydrogen (secondary N) is 1. The minimum Gasteiger partial charge on any atom is -0.497 e. The molecule has 0 spiro atoms. The van der Waals surface area contributed by atoms with Crippen LogP contribution in [-0.2, 0) is 26.2 Å². The maximum absolute atomic E-state index is 13.6. The van der Waals surface area contributed by atoms with Gasteiger partial charge in [-0.2, -0.15) is 0 Å². The second kappa shape index (κ2) is 15.0. The van der Waals surface area contributed by atoms with E-state index in [0.29, 0.717) is 30.2 Å². The van der Waals surface area contributed by atoms with Crippen molar-refractivity contribution in [2.45, 2.75) is 52.6 Å². The minimum absolute atomic E-state index is 0.0494. The smallest absolute Gasteiger partial charge is 0.242 e. The molecule has 0 aliphatic rings. The molecule has 11 heteroatoms. The van der Waals surface area contributed by atoms with Gasteiger partial charge in [0.25, 0.3) is 0 Å². The maximum atomic E-state index is 13.6. The third kappa shape index (κ3) is 9.61. The van der Waals surface area contributed by atoms with Gasteiger partial charge in [0.1, 0.15) is 17.5 Å². The van der Waals surface area contributed by atoms with Gasteiger partial charge in [-0.3, -0.25) is 13.9 Å². The zero-order valence-electron chi connectivity index (χ0n) is 23.6. The number of methoxy groups -OCH3 is 2. The van der Waals surface area contributed by atoms with Gasteiger partial charge in [-0.15, -0.1) is 0 Å². The van der Waals surface area contributed by atoms with Gasteiger partial charge in [0.15, 0.2) is 0 Å². The van der Waals surface area contributed by atoms with Crippen molar-refractivity contribution < 1.29 is 27.5 Å². The summed E-state index contributed by atoms with van der Waals surface area (Å²) in [7, 11) is -0.602. The van der Waals surface area contributed by atoms with Crippen molar-refractivity contribution in [2.75, 3.05) is 37.9 Å². The Morgan fingerprint density at radius 1 is 1.08 bits per heavy atom. The first kappa shape index (κ1) is 32.2. The monoisotopic (exact) mass is 581 g/mol. The van der Waals surface area contributed by atoms with Crippen LogP contribution in [0.4, 0.5) is 5.69 Å². The molecule has 2 amide bonds. The summed E-state index contributed by atoms with van der Waals surface area (Å²) in [5.41, 5.74) is 1.20. The van der Waals surface area contributed by atoms with Crippen molar-refractivity contribution >= 4 is 39.1 Å². The highest BCUT2D eigenvalue weighted by Gasteiger charge is 2.29. The lowest BCUT2D eigenvalue weighted by atomic mass is 10.1. The van der Waals surface area contributed by atoms with E-state index in [-0.39, 0.29) is 48.7 Å². The summed E-state index contributed by atoms with van der Waals surface area (Å²) in [5, 5.41) is 3.22. The highest BCUT2D eigenvalue weighted by molar-refractivity contribution is 7.92. The van der Waals surface area contributed by atoms with Crippen molar-refractivity contribution in [3.63, 3.8) is 0 Å². The quantitative estimate of drug-likeness (QED) is 0.332. The van der Waals surface area contributed by atoms with Gasteiger partial charge < -0.3 is 19.7 Å². The van der Waals surface area contributed by atoms with E-state index in [4.69, 9.17) is 21.1 Å². The van der Waals surface area contributed by atoms with Gasteiger partial charge in [-0.1, -0.05) is 44.5 Å². The molecule has 0 bridgehead atoms. The number of amides is 2. The van der Waals surface area contributed by atoms with E-state index in [1.54, 1.807) is 24.1 Å². The number of carbonyl (C=O) groups is 2. The number of anilines is 1. The van der Waals surface area contributed by atoms with Crippen molar-refractivity contribution in [1.29, 1.82) is 0 Å². The van der Waals surface area contributed by atoms with Crippen LogP contribution in [0.1, 0.15) is 45.6 Å². The molecule has 0 saturated carbocycles. The predicted molar refractivity (Wildman–Crippen MR) is 155 cm³/mol. The van der Waals surface area contributed by atoms with Crippen LogP contribution in [0.15, 0.2) is 42.5 Å². The number of hydrogen-bond acceptors (Lipinski definition) is 6. The Labute approximate surface area is 237 Å². The summed E-state index contributed by atoms with van der Waals surface area (Å²) in [6.45, 7) is 6.66. The number of benzene rings is 2. The highest BCUT2D eigenvalue weighted by atomic mass is 35.5. The van der Waals surface area contributed by atoms with E-state index >= 15 is 0 Å². The first-order valence-corrected chi connectivity index (χ1v) is 15.1. The summed E-state index contributed by atoms with van der Waals surface area (Å²) >= 11 is 6.22. The van der Waals surface area contributed by atoms with Crippen LogP contribution < -0.4 is 19.1 Å². The molecule has 0 fully saturated rings. The first-order valence-electron chi connectivity index (χ1n) is 12.9. The molecule has 216 valence electrons. The standard InChI is InChI=1S/C28H40ClN3O6S/c1-7-25(28(34)30-18-20(2)3)31(19-21-10-8-11-23(16-21)37-4)27(33)12-9-15-32(39(6,35)36)22-13-14-26(38-5)24(29)17-22/h8,10-11,13-14,16-17,20,25H,7,9,12,15,18-19H2,1-6H3,(H,30,34)/t25-/m1/s1. The molecule has 0 aromatic heterocycles. The Balaban J connectivity index is 2.25. The van der Waals surface area contributed by atoms with Crippen LogP contribution in [-0.4, -0.2) is 64.7 Å². The molecule has 0 radical (unpaired) electrons. The Hall–Kier alpha value is -2.98. The fourth-order valence-corrected chi connectivity index (χ4v) is 5.33. The number of sulfonamides is 1. The number of rotatable bonds is 15. The van der Waals surface area contributed by atoms with E-state index in [2.05, 4.69) is 5.32 Å². The molecule has 0 heterocycles. The Kier molecular flexibility index (Phi) is 12.4. The molecule has 0 unspecified atom stereocenters. The summed E-state index contributed by atoms with van der Waals surface area (Å²) in [4.78, 5) is 28.2. The number of carbonyl (C=O) groups excluding carboxylic acids is 2. The molecule has 0 aliphatic heterocycles. The van der Waals surface area contributed by atoms with Crippen LogP contribution in [0.5, 0.6) is 11.5 Å². The lowest BCUT2D eigenvalue weighted by molar-refractivity contribution is -0.141. The number of nitrogens with zero attached hydrogens (tertiary/aromatic N) is 2. The van der Waals surface area contributed by atoms with Crippen LogP contribution >= 0.6 is 11.6 Å². The molecule has 0 aliphatic carbocycles. The number of ether oxygens (including phenoxy) is 2. The van der Waals surface area contributed by atoms with Gasteiger partial charge in [-0.25, -0.2) is 8.42 Å². The summed E-state index contributed by atoms with van der Waals surface area (Å²) in [5.74, 6) is 0.888. The fourth-order valence-electron chi connectivity index (χ4n) is 4.12. The van der Waals surface area contributed by atoms with Crippen LogP contribution in [0.25, 0.3) is 0 Å².